The Morgan fingerprint density at radius 2 is 1.85 bits per heavy atom. The van der Waals surface area contributed by atoms with Crippen LogP contribution in [0.15, 0.2) is 53.3 Å². The number of carbonyl (C=O) groups excluding carboxylic acids is 1. The topological polar surface area (TPSA) is 60.3 Å². The van der Waals surface area contributed by atoms with Crippen molar-refractivity contribution < 1.29 is 9.53 Å². The van der Waals surface area contributed by atoms with E-state index in [4.69, 9.17) is 4.74 Å². The maximum Gasteiger partial charge on any atom is 0.272 e. The van der Waals surface area contributed by atoms with E-state index in [0.717, 1.165) is 12.0 Å². The normalized spacial score (nSPS) is 10.7. The lowest BCUT2D eigenvalue weighted by atomic mass is 10.1. The first-order valence-electron chi connectivity index (χ1n) is 8.63. The van der Waals surface area contributed by atoms with Crippen LogP contribution < -0.4 is 15.6 Å². The SMILES string of the molecule is CCCn1c(C(=O)Nc2ccc(C)cc2)cc2cc(OC)ccc2c1=O. The van der Waals surface area contributed by atoms with Gasteiger partial charge in [0, 0.05) is 17.6 Å². The van der Waals surface area contributed by atoms with E-state index in [0.29, 0.717) is 34.4 Å². The Hall–Kier alpha value is -3.08. The van der Waals surface area contributed by atoms with E-state index >= 15 is 0 Å². The summed E-state index contributed by atoms with van der Waals surface area (Å²) < 4.78 is 6.78. The Bertz CT molecular complexity index is 1000. The zero-order chi connectivity index (χ0) is 18.7. The number of nitrogens with one attached hydrogen (secondary N) is 1. The van der Waals surface area contributed by atoms with E-state index in [-0.39, 0.29) is 11.5 Å². The molecule has 1 N–H and O–H groups in total. The van der Waals surface area contributed by atoms with Crippen molar-refractivity contribution in [2.45, 2.75) is 26.8 Å². The Morgan fingerprint density at radius 1 is 1.12 bits per heavy atom. The molecule has 26 heavy (non-hydrogen) atoms. The van der Waals surface area contributed by atoms with Gasteiger partial charge in [0.05, 0.1) is 7.11 Å². The Morgan fingerprint density at radius 3 is 2.50 bits per heavy atom. The van der Waals surface area contributed by atoms with Crippen LogP contribution in [0.1, 0.15) is 29.4 Å². The fourth-order valence-electron chi connectivity index (χ4n) is 2.93. The number of fused-ring (bicyclic) bond motifs is 1. The van der Waals surface area contributed by atoms with Crippen molar-refractivity contribution >= 4 is 22.4 Å². The molecule has 0 radical (unpaired) electrons. The molecule has 0 fully saturated rings. The first-order valence-corrected chi connectivity index (χ1v) is 8.63. The molecule has 134 valence electrons. The summed E-state index contributed by atoms with van der Waals surface area (Å²) in [4.78, 5) is 25.7. The second kappa shape index (κ2) is 7.44. The lowest BCUT2D eigenvalue weighted by Gasteiger charge is -2.14. The summed E-state index contributed by atoms with van der Waals surface area (Å²) >= 11 is 0. The highest BCUT2D eigenvalue weighted by Gasteiger charge is 2.16. The van der Waals surface area contributed by atoms with Gasteiger partial charge >= 0.3 is 0 Å². The Balaban J connectivity index is 2.09. The number of rotatable bonds is 5. The van der Waals surface area contributed by atoms with E-state index in [1.165, 1.54) is 0 Å². The van der Waals surface area contributed by atoms with Gasteiger partial charge in [0.1, 0.15) is 11.4 Å². The second-order valence-corrected chi connectivity index (χ2v) is 6.26. The number of aromatic nitrogens is 1. The standard InChI is InChI=1S/C21H22N2O3/c1-4-11-23-19(20(24)22-16-7-5-14(2)6-8-16)13-15-12-17(26-3)9-10-18(15)21(23)25/h5-10,12-13H,4,11H2,1-3H3,(H,22,24). The van der Waals surface area contributed by atoms with Crippen LogP contribution in [0.3, 0.4) is 0 Å². The fraction of sp³-hybridized carbons (Fsp3) is 0.238. The lowest BCUT2D eigenvalue weighted by molar-refractivity contribution is 0.101. The predicted octanol–water partition coefficient (Wildman–Crippen LogP) is 3.98. The van der Waals surface area contributed by atoms with E-state index in [1.807, 2.05) is 38.1 Å². The highest BCUT2D eigenvalue weighted by atomic mass is 16.5. The molecular weight excluding hydrogens is 328 g/mol. The Kier molecular flexibility index (Phi) is 5.07. The predicted molar refractivity (Wildman–Crippen MR) is 104 cm³/mol. The summed E-state index contributed by atoms with van der Waals surface area (Å²) in [5, 5.41) is 4.14. The van der Waals surface area contributed by atoms with Crippen molar-refractivity contribution in [2.75, 3.05) is 12.4 Å². The molecule has 0 saturated carbocycles. The monoisotopic (exact) mass is 350 g/mol. The van der Waals surface area contributed by atoms with Gasteiger partial charge in [0.15, 0.2) is 0 Å². The molecule has 0 bridgehead atoms. The zero-order valence-corrected chi connectivity index (χ0v) is 15.2. The van der Waals surface area contributed by atoms with Gasteiger partial charge in [0.2, 0.25) is 0 Å². The van der Waals surface area contributed by atoms with Crippen LogP contribution in [0.2, 0.25) is 0 Å². The van der Waals surface area contributed by atoms with Crippen LogP contribution in [0, 0.1) is 6.92 Å². The lowest BCUT2D eigenvalue weighted by Crippen LogP contribution is -2.28. The summed E-state index contributed by atoms with van der Waals surface area (Å²) in [6.07, 6.45) is 0.756. The molecule has 0 unspecified atom stereocenters. The first-order chi connectivity index (χ1) is 12.5. The maximum atomic E-state index is 12.9. The van der Waals surface area contributed by atoms with Gasteiger partial charge in [-0.3, -0.25) is 9.59 Å². The van der Waals surface area contributed by atoms with Crippen molar-refractivity contribution in [1.29, 1.82) is 0 Å². The molecule has 3 rings (SSSR count). The van der Waals surface area contributed by atoms with Gasteiger partial charge in [-0.2, -0.15) is 0 Å². The van der Waals surface area contributed by atoms with Crippen molar-refractivity contribution in [1.82, 2.24) is 4.57 Å². The van der Waals surface area contributed by atoms with Crippen LogP contribution in [0.4, 0.5) is 5.69 Å². The molecule has 3 aromatic rings. The Labute approximate surface area is 152 Å². The average molecular weight is 350 g/mol. The van der Waals surface area contributed by atoms with Crippen LogP contribution >= 0.6 is 0 Å². The molecule has 0 spiro atoms. The van der Waals surface area contributed by atoms with Crippen LogP contribution in [-0.2, 0) is 6.54 Å². The number of hydrogen-bond donors (Lipinski definition) is 1. The number of anilines is 1. The molecule has 0 aliphatic carbocycles. The second-order valence-electron chi connectivity index (χ2n) is 6.26. The molecule has 1 amide bonds. The minimum atomic E-state index is -0.302. The number of benzene rings is 2. The number of methoxy groups -OCH3 is 1. The van der Waals surface area contributed by atoms with Gasteiger partial charge in [-0.25, -0.2) is 0 Å². The number of hydrogen-bond acceptors (Lipinski definition) is 3. The van der Waals surface area contributed by atoms with Gasteiger partial charge in [0.25, 0.3) is 11.5 Å². The molecule has 0 aliphatic heterocycles. The molecule has 0 aliphatic rings. The third kappa shape index (κ3) is 3.47. The number of pyridine rings is 1. The van der Waals surface area contributed by atoms with E-state index in [9.17, 15) is 9.59 Å². The molecule has 0 atom stereocenters. The quantitative estimate of drug-likeness (QED) is 0.757. The molecule has 2 aromatic carbocycles. The van der Waals surface area contributed by atoms with E-state index < -0.39 is 0 Å². The third-order valence-corrected chi connectivity index (χ3v) is 4.31. The van der Waals surface area contributed by atoms with Crippen LogP contribution in [0.25, 0.3) is 10.8 Å². The summed E-state index contributed by atoms with van der Waals surface area (Å²) in [5.74, 6) is 0.346. The maximum absolute atomic E-state index is 12.9. The summed E-state index contributed by atoms with van der Waals surface area (Å²) in [6.45, 7) is 4.45. The number of nitrogens with zero attached hydrogens (tertiary/aromatic N) is 1. The average Bonchev–Trinajstić information content (AvgIpc) is 2.65. The minimum absolute atomic E-state index is 0.166. The number of aryl methyl sites for hydroxylation is 1. The summed E-state index contributed by atoms with van der Waals surface area (Å²) in [6, 6.07) is 14.6. The molecule has 0 saturated heterocycles. The largest absolute Gasteiger partial charge is 0.497 e. The van der Waals surface area contributed by atoms with E-state index in [1.54, 1.807) is 35.9 Å². The van der Waals surface area contributed by atoms with Crippen LogP contribution in [0.5, 0.6) is 5.75 Å². The van der Waals surface area contributed by atoms with Gasteiger partial charge in [-0.15, -0.1) is 0 Å². The van der Waals surface area contributed by atoms with Crippen LogP contribution in [-0.4, -0.2) is 17.6 Å². The van der Waals surface area contributed by atoms with Gasteiger partial charge in [-0.1, -0.05) is 24.6 Å². The van der Waals surface area contributed by atoms with E-state index in [2.05, 4.69) is 5.32 Å². The van der Waals surface area contributed by atoms with Crippen molar-refractivity contribution in [3.05, 3.63) is 70.1 Å². The van der Waals surface area contributed by atoms with Crippen molar-refractivity contribution in [2.24, 2.45) is 0 Å². The zero-order valence-electron chi connectivity index (χ0n) is 15.2. The highest BCUT2D eigenvalue weighted by molar-refractivity contribution is 6.05. The molecule has 1 aromatic heterocycles. The smallest absolute Gasteiger partial charge is 0.272 e. The molecule has 5 nitrogen and oxygen atoms in total. The van der Waals surface area contributed by atoms with Crippen molar-refractivity contribution in [3.63, 3.8) is 0 Å². The number of carbonyl (C=O) groups is 1. The third-order valence-electron chi connectivity index (χ3n) is 4.31. The first kappa shape index (κ1) is 17.7. The van der Waals surface area contributed by atoms with Crippen molar-refractivity contribution in [3.8, 4) is 5.75 Å². The summed E-state index contributed by atoms with van der Waals surface area (Å²) in [7, 11) is 1.57. The minimum Gasteiger partial charge on any atom is -0.497 e. The fourth-order valence-corrected chi connectivity index (χ4v) is 2.93. The molecule has 1 heterocycles. The number of ether oxygens (including phenoxy) is 1. The van der Waals surface area contributed by atoms with Gasteiger partial charge < -0.3 is 14.6 Å². The number of amides is 1. The highest BCUT2D eigenvalue weighted by Crippen LogP contribution is 2.20. The molecule has 5 heteroatoms. The summed E-state index contributed by atoms with van der Waals surface area (Å²) in [5.41, 5.74) is 1.99. The molecular formula is C21H22N2O3. The van der Waals surface area contributed by atoms with Gasteiger partial charge in [-0.05, 0) is 55.1 Å².